The van der Waals surface area contributed by atoms with E-state index in [1.807, 2.05) is 13.8 Å². The van der Waals surface area contributed by atoms with Crippen LogP contribution >= 0.6 is 0 Å². The molecule has 0 aliphatic carbocycles. The van der Waals surface area contributed by atoms with Crippen molar-refractivity contribution in [2.24, 2.45) is 0 Å². The van der Waals surface area contributed by atoms with Gasteiger partial charge in [-0.3, -0.25) is 9.48 Å². The van der Waals surface area contributed by atoms with Gasteiger partial charge < -0.3 is 10.1 Å². The molecular formula is C23H21F3N4O2. The third kappa shape index (κ3) is 3.98. The van der Waals surface area contributed by atoms with Gasteiger partial charge in [-0.1, -0.05) is 26.0 Å². The van der Waals surface area contributed by atoms with Crippen molar-refractivity contribution < 1.29 is 23.1 Å². The molecular weight excluding hydrogens is 421 g/mol. The van der Waals surface area contributed by atoms with Gasteiger partial charge in [0.25, 0.3) is 0 Å². The van der Waals surface area contributed by atoms with Gasteiger partial charge in [0.15, 0.2) is 5.82 Å². The van der Waals surface area contributed by atoms with Gasteiger partial charge in [0.05, 0.1) is 24.2 Å². The molecule has 0 saturated carbocycles. The molecule has 2 aromatic carbocycles. The molecule has 0 aliphatic rings. The summed E-state index contributed by atoms with van der Waals surface area (Å²) in [6, 6.07) is 6.37. The summed E-state index contributed by atoms with van der Waals surface area (Å²) in [5, 5.41) is 13.7. The Labute approximate surface area is 181 Å². The molecule has 0 unspecified atom stereocenters. The summed E-state index contributed by atoms with van der Waals surface area (Å²) >= 11 is 0. The van der Waals surface area contributed by atoms with E-state index in [4.69, 9.17) is 0 Å². The summed E-state index contributed by atoms with van der Waals surface area (Å²) in [6.07, 6.45) is 1.01. The highest BCUT2D eigenvalue weighted by Gasteiger charge is 2.19. The van der Waals surface area contributed by atoms with Crippen LogP contribution in [-0.4, -0.2) is 30.8 Å². The number of nitrogens with one attached hydrogen (secondary N) is 1. The minimum absolute atomic E-state index is 0.0203. The molecule has 0 bridgehead atoms. The lowest BCUT2D eigenvalue weighted by Crippen LogP contribution is -2.09. The zero-order chi connectivity index (χ0) is 23.0. The van der Waals surface area contributed by atoms with E-state index in [1.54, 1.807) is 16.8 Å². The number of imidazole rings is 1. The molecule has 4 aromatic rings. The molecule has 2 N–H and O–H groups in total. The van der Waals surface area contributed by atoms with E-state index in [1.165, 1.54) is 6.07 Å². The topological polar surface area (TPSA) is 83.8 Å². The molecule has 6 nitrogen and oxygen atoms in total. The number of nitrogens with zero attached hydrogens (tertiary/aromatic N) is 3. The van der Waals surface area contributed by atoms with Gasteiger partial charge >= 0.3 is 5.97 Å². The molecule has 9 heteroatoms. The molecule has 0 radical (unpaired) electrons. The number of aromatic amines is 1. The number of carboxylic acid groups (broad SMARTS) is 1. The van der Waals surface area contributed by atoms with Gasteiger partial charge in [0, 0.05) is 28.5 Å². The maximum absolute atomic E-state index is 14.9. The molecule has 0 spiro atoms. The zero-order valence-electron chi connectivity index (χ0n) is 17.5. The number of hydrogen-bond acceptors (Lipinski definition) is 3. The number of rotatable bonds is 7. The van der Waals surface area contributed by atoms with Crippen LogP contribution in [0.25, 0.3) is 22.4 Å². The normalized spacial score (nSPS) is 11.4. The van der Waals surface area contributed by atoms with Crippen LogP contribution in [0.3, 0.4) is 0 Å². The van der Waals surface area contributed by atoms with Gasteiger partial charge in [0.2, 0.25) is 0 Å². The van der Waals surface area contributed by atoms with E-state index in [0.717, 1.165) is 17.8 Å². The van der Waals surface area contributed by atoms with Crippen LogP contribution in [-0.2, 0) is 30.6 Å². The van der Waals surface area contributed by atoms with Gasteiger partial charge in [-0.05, 0) is 25.0 Å². The van der Waals surface area contributed by atoms with E-state index in [2.05, 4.69) is 15.1 Å². The van der Waals surface area contributed by atoms with Crippen molar-refractivity contribution in [3.05, 3.63) is 70.3 Å². The highest BCUT2D eigenvalue weighted by Crippen LogP contribution is 2.26. The first kappa shape index (κ1) is 21.6. The van der Waals surface area contributed by atoms with Gasteiger partial charge in [-0.2, -0.15) is 5.10 Å². The third-order valence-electron chi connectivity index (χ3n) is 5.40. The predicted molar refractivity (Wildman–Crippen MR) is 113 cm³/mol. The van der Waals surface area contributed by atoms with Gasteiger partial charge in [-0.15, -0.1) is 0 Å². The Morgan fingerprint density at radius 1 is 1.09 bits per heavy atom. The van der Waals surface area contributed by atoms with Crippen molar-refractivity contribution in [3.63, 3.8) is 0 Å². The first-order chi connectivity index (χ1) is 15.3. The minimum atomic E-state index is -0.938. The Hall–Kier alpha value is -3.62. The Bertz CT molecular complexity index is 1330. The Balaban J connectivity index is 1.67. The fourth-order valence-corrected chi connectivity index (χ4v) is 3.92. The van der Waals surface area contributed by atoms with Gasteiger partial charge in [-0.25, -0.2) is 18.2 Å². The lowest BCUT2D eigenvalue weighted by molar-refractivity contribution is -0.136. The van der Waals surface area contributed by atoms with Crippen LogP contribution in [0.5, 0.6) is 0 Å². The van der Waals surface area contributed by atoms with Crippen LogP contribution in [0.1, 0.15) is 36.4 Å². The van der Waals surface area contributed by atoms with Crippen molar-refractivity contribution in [2.45, 2.75) is 39.7 Å². The number of hydrogen-bond donors (Lipinski definition) is 2. The Morgan fingerprint density at radius 2 is 1.88 bits per heavy atom. The van der Waals surface area contributed by atoms with E-state index in [0.29, 0.717) is 35.2 Å². The van der Waals surface area contributed by atoms with Crippen molar-refractivity contribution in [1.82, 2.24) is 19.7 Å². The number of aryl methyl sites for hydroxylation is 1. The fraction of sp³-hybridized carbons (Fsp3) is 0.261. The van der Waals surface area contributed by atoms with Crippen molar-refractivity contribution >= 4 is 17.0 Å². The first-order valence-corrected chi connectivity index (χ1v) is 10.2. The first-order valence-electron chi connectivity index (χ1n) is 10.2. The number of fused-ring (bicyclic) bond motifs is 1. The summed E-state index contributed by atoms with van der Waals surface area (Å²) in [5.74, 6) is -2.75. The van der Waals surface area contributed by atoms with Crippen LogP contribution in [0.15, 0.2) is 30.3 Å². The third-order valence-corrected chi connectivity index (χ3v) is 5.40. The number of halogens is 3. The highest BCUT2D eigenvalue weighted by molar-refractivity contribution is 5.80. The summed E-state index contributed by atoms with van der Waals surface area (Å²) in [6.45, 7) is 3.94. The maximum atomic E-state index is 14.9. The summed E-state index contributed by atoms with van der Waals surface area (Å²) < 4.78 is 44.0. The number of benzene rings is 2. The lowest BCUT2D eigenvalue weighted by Gasteiger charge is -2.09. The van der Waals surface area contributed by atoms with Crippen LogP contribution < -0.4 is 0 Å². The number of H-pyrrole nitrogens is 1. The number of carboxylic acids is 1. The molecule has 32 heavy (non-hydrogen) atoms. The largest absolute Gasteiger partial charge is 0.481 e. The second-order valence-electron chi connectivity index (χ2n) is 7.48. The molecule has 2 heterocycles. The number of aromatic nitrogens is 4. The van der Waals surface area contributed by atoms with Crippen molar-refractivity contribution in [2.75, 3.05) is 0 Å². The van der Waals surface area contributed by atoms with E-state index in [-0.39, 0.29) is 29.8 Å². The standard InChI is InChI=1S/C23H21F3N4O2/c1-3-18-15(10-21(31)32)20(4-2)30(29-18)11-13-6-5-12(7-16(13)25)23-27-19-9-14(24)8-17(26)22(19)28-23/h5-9H,3-4,10-11H2,1-2H3,(H,27,28)(H,31,32). The molecule has 4 rings (SSSR count). The smallest absolute Gasteiger partial charge is 0.307 e. The molecule has 0 atom stereocenters. The molecule has 0 aliphatic heterocycles. The minimum Gasteiger partial charge on any atom is -0.481 e. The fourth-order valence-electron chi connectivity index (χ4n) is 3.92. The molecule has 166 valence electrons. The molecule has 0 saturated heterocycles. The second kappa shape index (κ2) is 8.49. The highest BCUT2D eigenvalue weighted by atomic mass is 19.1. The SMILES string of the molecule is CCc1nn(Cc2ccc(-c3nc4c(F)cc(F)cc4[nH]3)cc2F)c(CC)c1CC(=O)O. The number of aliphatic carboxylic acids is 1. The molecule has 0 amide bonds. The number of carbonyl (C=O) groups is 1. The van der Waals surface area contributed by atoms with Crippen molar-refractivity contribution in [3.8, 4) is 11.4 Å². The maximum Gasteiger partial charge on any atom is 0.307 e. The average Bonchev–Trinajstić information content (AvgIpc) is 3.30. The van der Waals surface area contributed by atoms with Crippen molar-refractivity contribution in [1.29, 1.82) is 0 Å². The summed E-state index contributed by atoms with van der Waals surface area (Å²) in [4.78, 5) is 18.2. The Morgan fingerprint density at radius 3 is 2.53 bits per heavy atom. The molecule has 2 aromatic heterocycles. The van der Waals surface area contributed by atoms with Crippen LogP contribution in [0.4, 0.5) is 13.2 Å². The monoisotopic (exact) mass is 442 g/mol. The Kier molecular flexibility index (Phi) is 5.73. The summed E-state index contributed by atoms with van der Waals surface area (Å²) in [5.41, 5.74) is 3.05. The average molecular weight is 442 g/mol. The van der Waals surface area contributed by atoms with Crippen LogP contribution in [0, 0.1) is 17.5 Å². The lowest BCUT2D eigenvalue weighted by atomic mass is 10.1. The predicted octanol–water partition coefficient (Wildman–Crippen LogP) is 4.64. The zero-order valence-corrected chi connectivity index (χ0v) is 17.5. The van der Waals surface area contributed by atoms with E-state index < -0.39 is 23.4 Å². The summed E-state index contributed by atoms with van der Waals surface area (Å²) in [7, 11) is 0. The second-order valence-corrected chi connectivity index (χ2v) is 7.48. The van der Waals surface area contributed by atoms with E-state index in [9.17, 15) is 23.1 Å². The quantitative estimate of drug-likeness (QED) is 0.437. The van der Waals surface area contributed by atoms with Gasteiger partial charge in [0.1, 0.15) is 23.0 Å². The van der Waals surface area contributed by atoms with E-state index >= 15 is 0 Å². The van der Waals surface area contributed by atoms with Crippen LogP contribution in [0.2, 0.25) is 0 Å². The molecule has 0 fully saturated rings.